The second kappa shape index (κ2) is 12.1. The van der Waals surface area contributed by atoms with Crippen molar-refractivity contribution in [3.05, 3.63) is 53.4 Å². The van der Waals surface area contributed by atoms with Crippen LogP contribution in [0.3, 0.4) is 0 Å². The Morgan fingerprint density at radius 2 is 1.82 bits per heavy atom. The molecule has 2 aromatic heterocycles. The highest BCUT2D eigenvalue weighted by molar-refractivity contribution is 5.88. The van der Waals surface area contributed by atoms with Crippen molar-refractivity contribution in [2.45, 2.75) is 90.3 Å². The third-order valence-electron chi connectivity index (χ3n) is 7.74. The third kappa shape index (κ3) is 6.84. The smallest absolute Gasteiger partial charge is 0.358 e. The van der Waals surface area contributed by atoms with Crippen molar-refractivity contribution in [1.82, 2.24) is 25.5 Å². The molecule has 3 aromatic rings. The van der Waals surface area contributed by atoms with Crippen LogP contribution in [0, 0.1) is 12.8 Å². The maximum atomic E-state index is 13.7. The van der Waals surface area contributed by atoms with Crippen molar-refractivity contribution >= 4 is 28.8 Å². The number of hydrogen-bond donors (Lipinski definition) is 4. The Balaban J connectivity index is 1.59. The maximum Gasteiger partial charge on any atom is 0.358 e. The van der Waals surface area contributed by atoms with Gasteiger partial charge >= 0.3 is 12.0 Å². The van der Waals surface area contributed by atoms with Crippen LogP contribution in [0.25, 0.3) is 10.9 Å². The number of aromatic carboxylic acids is 1. The van der Waals surface area contributed by atoms with Crippen molar-refractivity contribution in [3.63, 3.8) is 0 Å². The van der Waals surface area contributed by atoms with Gasteiger partial charge in [-0.3, -0.25) is 4.79 Å². The van der Waals surface area contributed by atoms with Gasteiger partial charge in [-0.05, 0) is 50.7 Å². The SMILES string of the molecule is Cc1oc([C@@H](Cc2cn(C)c3ccccc23)NC(=O)C(CC(C)C)NC(=O)NC2(C)CCCCC2)nc1C(=O)O. The Morgan fingerprint density at radius 1 is 1.12 bits per heavy atom. The van der Waals surface area contributed by atoms with Crippen molar-refractivity contribution in [2.75, 3.05) is 0 Å². The minimum atomic E-state index is -1.20. The van der Waals surface area contributed by atoms with Crippen LogP contribution in [0.1, 0.15) is 93.0 Å². The van der Waals surface area contributed by atoms with Gasteiger partial charge in [-0.1, -0.05) is 51.3 Å². The summed E-state index contributed by atoms with van der Waals surface area (Å²) in [6.45, 7) is 7.57. The lowest BCUT2D eigenvalue weighted by Crippen LogP contribution is -2.56. The van der Waals surface area contributed by atoms with E-state index in [0.29, 0.717) is 12.8 Å². The third-order valence-corrected chi connectivity index (χ3v) is 7.74. The molecule has 1 saturated carbocycles. The molecule has 0 saturated heterocycles. The van der Waals surface area contributed by atoms with E-state index in [9.17, 15) is 19.5 Å². The highest BCUT2D eigenvalue weighted by Crippen LogP contribution is 2.28. The number of rotatable bonds is 10. The van der Waals surface area contributed by atoms with Gasteiger partial charge in [-0.25, -0.2) is 14.6 Å². The standard InChI is InChI=1S/C30H41N5O5/c1-18(2)15-22(32-29(39)34-30(4)13-9-6-10-14-30)26(36)31-23(27-33-25(28(37)38)19(3)40-27)16-20-17-35(5)24-12-8-7-11-21(20)24/h7-8,11-12,17-18,22-23H,6,9-10,13-16H2,1-5H3,(H,31,36)(H,37,38)(H2,32,34,39)/t22?,23-/m1/s1. The van der Waals surface area contributed by atoms with Crippen LogP contribution < -0.4 is 16.0 Å². The number of amides is 3. The molecule has 0 aliphatic heterocycles. The molecule has 0 radical (unpaired) electrons. The number of aromatic nitrogens is 2. The summed E-state index contributed by atoms with van der Waals surface area (Å²) in [5.41, 5.74) is 1.50. The molecule has 1 aromatic carbocycles. The first-order valence-corrected chi connectivity index (χ1v) is 14.1. The largest absolute Gasteiger partial charge is 0.476 e. The van der Waals surface area contributed by atoms with Gasteiger partial charge in [0.1, 0.15) is 17.8 Å². The molecular weight excluding hydrogens is 510 g/mol. The number of carbonyl (C=O) groups is 3. The van der Waals surface area contributed by atoms with Gasteiger partial charge in [-0.2, -0.15) is 0 Å². The molecular formula is C30H41N5O5. The normalized spacial score (nSPS) is 16.4. The van der Waals surface area contributed by atoms with Crippen LogP contribution >= 0.6 is 0 Å². The first-order valence-electron chi connectivity index (χ1n) is 14.1. The van der Waals surface area contributed by atoms with Crippen LogP contribution in [-0.4, -0.2) is 44.1 Å². The second-order valence-corrected chi connectivity index (χ2v) is 11.7. The number of hydrogen-bond acceptors (Lipinski definition) is 5. The average molecular weight is 552 g/mol. The molecule has 4 rings (SSSR count). The fourth-order valence-corrected chi connectivity index (χ4v) is 5.67. The van der Waals surface area contributed by atoms with Crippen molar-refractivity contribution < 1.29 is 23.9 Å². The first-order chi connectivity index (χ1) is 19.0. The molecule has 2 heterocycles. The Morgan fingerprint density at radius 3 is 2.48 bits per heavy atom. The Bertz CT molecular complexity index is 1370. The number of oxazole rings is 1. The van der Waals surface area contributed by atoms with Crippen LogP contribution in [0.15, 0.2) is 34.9 Å². The van der Waals surface area contributed by atoms with Crippen LogP contribution in [0.2, 0.25) is 0 Å². The molecule has 0 spiro atoms. The molecule has 216 valence electrons. The van der Waals surface area contributed by atoms with E-state index in [4.69, 9.17) is 4.42 Å². The van der Waals surface area contributed by atoms with Gasteiger partial charge in [0.2, 0.25) is 11.8 Å². The lowest BCUT2D eigenvalue weighted by Gasteiger charge is -2.35. The fraction of sp³-hybridized carbons (Fsp3) is 0.533. The number of carboxylic acids is 1. The number of fused-ring (bicyclic) bond motifs is 1. The highest BCUT2D eigenvalue weighted by atomic mass is 16.4. The molecule has 1 fully saturated rings. The number of nitrogens with zero attached hydrogens (tertiary/aromatic N) is 2. The van der Waals surface area contributed by atoms with Crippen LogP contribution in [-0.2, 0) is 18.3 Å². The number of aryl methyl sites for hydroxylation is 2. The topological polar surface area (TPSA) is 138 Å². The van der Waals surface area contributed by atoms with Gasteiger partial charge in [0.05, 0.1) is 0 Å². The zero-order chi connectivity index (χ0) is 29.0. The number of carbonyl (C=O) groups excluding carboxylic acids is 2. The summed E-state index contributed by atoms with van der Waals surface area (Å²) in [5.74, 6) is -1.17. The lowest BCUT2D eigenvalue weighted by atomic mass is 9.83. The Hall–Kier alpha value is -3.82. The summed E-state index contributed by atoms with van der Waals surface area (Å²) in [6.07, 6.45) is 7.85. The predicted octanol–water partition coefficient (Wildman–Crippen LogP) is 5.01. The van der Waals surface area contributed by atoms with Crippen LogP contribution in [0.4, 0.5) is 4.79 Å². The van der Waals surface area contributed by atoms with E-state index in [-0.39, 0.29) is 40.7 Å². The van der Waals surface area contributed by atoms with E-state index in [2.05, 4.69) is 27.9 Å². The van der Waals surface area contributed by atoms with Crippen LogP contribution in [0.5, 0.6) is 0 Å². The van der Waals surface area contributed by atoms with E-state index in [1.54, 1.807) is 0 Å². The van der Waals surface area contributed by atoms with Gasteiger partial charge in [0.15, 0.2) is 5.69 Å². The van der Waals surface area contributed by atoms with E-state index < -0.39 is 18.1 Å². The molecule has 3 amide bonds. The summed E-state index contributed by atoms with van der Waals surface area (Å²) in [6, 6.07) is 6.02. The Labute approximate surface area is 234 Å². The minimum Gasteiger partial charge on any atom is -0.476 e. The van der Waals surface area contributed by atoms with E-state index in [0.717, 1.165) is 42.1 Å². The molecule has 40 heavy (non-hydrogen) atoms. The highest BCUT2D eigenvalue weighted by Gasteiger charge is 2.32. The van der Waals surface area contributed by atoms with Gasteiger partial charge < -0.3 is 30.0 Å². The first kappa shape index (κ1) is 29.2. The molecule has 4 N–H and O–H groups in total. The van der Waals surface area contributed by atoms with E-state index >= 15 is 0 Å². The Kier molecular flexibility index (Phi) is 8.85. The van der Waals surface area contributed by atoms with Gasteiger partial charge in [0.25, 0.3) is 0 Å². The molecule has 10 heteroatoms. The lowest BCUT2D eigenvalue weighted by molar-refractivity contribution is -0.124. The summed E-state index contributed by atoms with van der Waals surface area (Å²) in [5, 5.41) is 19.6. The van der Waals surface area contributed by atoms with Crippen molar-refractivity contribution in [2.24, 2.45) is 13.0 Å². The van der Waals surface area contributed by atoms with Crippen molar-refractivity contribution in [3.8, 4) is 0 Å². The summed E-state index contributed by atoms with van der Waals surface area (Å²) < 4.78 is 7.78. The predicted molar refractivity (Wildman–Crippen MR) is 152 cm³/mol. The molecule has 1 unspecified atom stereocenters. The summed E-state index contributed by atoms with van der Waals surface area (Å²) in [4.78, 5) is 42.7. The zero-order valence-electron chi connectivity index (χ0n) is 24.0. The molecule has 2 atom stereocenters. The summed E-state index contributed by atoms with van der Waals surface area (Å²) in [7, 11) is 1.95. The number of nitrogens with one attached hydrogen (secondary N) is 3. The monoisotopic (exact) mass is 551 g/mol. The quantitative estimate of drug-likeness (QED) is 0.279. The second-order valence-electron chi connectivity index (χ2n) is 11.7. The van der Waals surface area contributed by atoms with E-state index in [1.165, 1.54) is 13.3 Å². The van der Waals surface area contributed by atoms with Gasteiger partial charge in [-0.15, -0.1) is 0 Å². The maximum absolute atomic E-state index is 13.7. The molecule has 1 aliphatic carbocycles. The number of para-hydroxylation sites is 1. The van der Waals surface area contributed by atoms with E-state index in [1.807, 2.05) is 55.9 Å². The molecule has 1 aliphatic rings. The minimum absolute atomic E-state index is 0.110. The molecule has 0 bridgehead atoms. The van der Waals surface area contributed by atoms with Crippen molar-refractivity contribution in [1.29, 1.82) is 0 Å². The molecule has 10 nitrogen and oxygen atoms in total. The average Bonchev–Trinajstić information content (AvgIpc) is 3.43. The van der Waals surface area contributed by atoms with Gasteiger partial charge in [0, 0.05) is 36.1 Å². The zero-order valence-corrected chi connectivity index (χ0v) is 24.0. The summed E-state index contributed by atoms with van der Waals surface area (Å²) >= 11 is 0. The number of benzene rings is 1. The fourth-order valence-electron chi connectivity index (χ4n) is 5.67. The number of urea groups is 1. The number of carboxylic acid groups (broad SMARTS) is 1.